The molecule has 1 N–H and O–H groups in total. The molecule has 0 aromatic carbocycles. The van der Waals surface area contributed by atoms with Crippen LogP contribution in [0.15, 0.2) is 30.6 Å². The van der Waals surface area contributed by atoms with Crippen LogP contribution >= 0.6 is 0 Å². The van der Waals surface area contributed by atoms with Gasteiger partial charge in [-0.2, -0.15) is 13.2 Å². The van der Waals surface area contributed by atoms with E-state index in [1.807, 2.05) is 4.90 Å². The van der Waals surface area contributed by atoms with Crippen LogP contribution in [-0.2, 0) is 6.18 Å². The van der Waals surface area contributed by atoms with Crippen molar-refractivity contribution >= 4 is 5.82 Å². The summed E-state index contributed by atoms with van der Waals surface area (Å²) in [6.45, 7) is 3.05. The lowest BCUT2D eigenvalue weighted by atomic mass is 10.2. The highest BCUT2D eigenvalue weighted by molar-refractivity contribution is 5.57. The maximum atomic E-state index is 13.2. The Morgan fingerprint density at radius 1 is 1.04 bits per heavy atom. The summed E-state index contributed by atoms with van der Waals surface area (Å²) in [4.78, 5) is 15.8. The minimum Gasteiger partial charge on any atom is -0.395 e. The summed E-state index contributed by atoms with van der Waals surface area (Å²) in [6, 6.07) is 4.16. The first-order valence-corrected chi connectivity index (χ1v) is 7.92. The molecule has 0 spiro atoms. The van der Waals surface area contributed by atoms with E-state index < -0.39 is 11.9 Å². The van der Waals surface area contributed by atoms with Gasteiger partial charge in [0.15, 0.2) is 11.5 Å². The van der Waals surface area contributed by atoms with Crippen molar-refractivity contribution in [2.45, 2.75) is 6.18 Å². The molecule has 0 aliphatic carbocycles. The van der Waals surface area contributed by atoms with Crippen LogP contribution in [0.4, 0.5) is 19.0 Å². The van der Waals surface area contributed by atoms with Gasteiger partial charge in [-0.05, 0) is 12.1 Å². The molecule has 0 amide bonds. The largest absolute Gasteiger partial charge is 0.433 e. The van der Waals surface area contributed by atoms with Crippen molar-refractivity contribution in [3.8, 4) is 11.4 Å². The summed E-state index contributed by atoms with van der Waals surface area (Å²) in [6.07, 6.45) is -1.56. The van der Waals surface area contributed by atoms with Crippen molar-refractivity contribution in [2.75, 3.05) is 44.2 Å². The number of piperazine rings is 1. The summed E-state index contributed by atoms with van der Waals surface area (Å²) in [5.74, 6) is 0.294. The number of anilines is 1. The third-order valence-electron chi connectivity index (χ3n) is 4.05. The van der Waals surface area contributed by atoms with E-state index in [-0.39, 0.29) is 18.2 Å². The Balaban J connectivity index is 1.91. The zero-order chi connectivity index (χ0) is 17.9. The molecule has 3 heterocycles. The van der Waals surface area contributed by atoms with Gasteiger partial charge >= 0.3 is 6.18 Å². The lowest BCUT2D eigenvalue weighted by molar-refractivity contribution is -0.141. The first-order chi connectivity index (χ1) is 12.0. The van der Waals surface area contributed by atoms with Crippen molar-refractivity contribution < 1.29 is 18.3 Å². The van der Waals surface area contributed by atoms with Gasteiger partial charge in [0.2, 0.25) is 0 Å². The Labute approximate surface area is 143 Å². The van der Waals surface area contributed by atoms with E-state index in [4.69, 9.17) is 5.11 Å². The maximum absolute atomic E-state index is 13.2. The van der Waals surface area contributed by atoms with Gasteiger partial charge < -0.3 is 10.0 Å². The van der Waals surface area contributed by atoms with E-state index >= 15 is 0 Å². The summed E-state index contributed by atoms with van der Waals surface area (Å²) in [5.41, 5.74) is -0.469. The van der Waals surface area contributed by atoms with Crippen LogP contribution in [0, 0.1) is 0 Å². The average Bonchev–Trinajstić information content (AvgIpc) is 2.62. The number of halogens is 3. The van der Waals surface area contributed by atoms with Crippen LogP contribution in [0.5, 0.6) is 0 Å². The molecule has 1 aliphatic rings. The third kappa shape index (κ3) is 4.23. The molecule has 0 unspecified atom stereocenters. The van der Waals surface area contributed by atoms with Gasteiger partial charge in [0.05, 0.1) is 6.61 Å². The molecule has 1 saturated heterocycles. The van der Waals surface area contributed by atoms with Crippen LogP contribution in [0.25, 0.3) is 11.4 Å². The number of aliphatic hydroxyl groups is 1. The van der Waals surface area contributed by atoms with Crippen LogP contribution in [-0.4, -0.2) is 64.3 Å². The molecule has 1 fully saturated rings. The molecule has 0 bridgehead atoms. The third-order valence-corrected chi connectivity index (χ3v) is 4.05. The molecule has 2 aromatic heterocycles. The summed E-state index contributed by atoms with van der Waals surface area (Å²) < 4.78 is 39.7. The molecule has 6 nitrogen and oxygen atoms in total. The van der Waals surface area contributed by atoms with E-state index in [9.17, 15) is 13.2 Å². The number of aromatic nitrogens is 3. The predicted octanol–water partition coefficient (Wildman–Crippen LogP) is 1.67. The first-order valence-electron chi connectivity index (χ1n) is 7.92. The number of β-amino-alcohol motifs (C(OH)–C–C–N with tert-alkyl or cyclic N) is 1. The lowest BCUT2D eigenvalue weighted by Crippen LogP contribution is -2.47. The highest BCUT2D eigenvalue weighted by Crippen LogP contribution is 2.31. The molecule has 3 rings (SSSR count). The predicted molar refractivity (Wildman–Crippen MR) is 86.0 cm³/mol. The summed E-state index contributed by atoms with van der Waals surface area (Å²) in [5, 5.41) is 8.98. The fraction of sp³-hybridized carbons (Fsp3) is 0.438. The zero-order valence-electron chi connectivity index (χ0n) is 13.4. The van der Waals surface area contributed by atoms with Crippen LogP contribution in [0.1, 0.15) is 5.69 Å². The summed E-state index contributed by atoms with van der Waals surface area (Å²) in [7, 11) is 0. The van der Waals surface area contributed by atoms with Gasteiger partial charge in [-0.15, -0.1) is 0 Å². The molecular formula is C16H18F3N5O. The van der Waals surface area contributed by atoms with Gasteiger partial charge in [-0.25, -0.2) is 9.97 Å². The number of alkyl halides is 3. The maximum Gasteiger partial charge on any atom is 0.433 e. The SMILES string of the molecule is OCCN1CCN(c2cc(C(F)(F)F)nc(-c3ccncc3)n2)CC1. The lowest BCUT2D eigenvalue weighted by Gasteiger charge is -2.35. The molecule has 25 heavy (non-hydrogen) atoms. The second-order valence-corrected chi connectivity index (χ2v) is 5.72. The van der Waals surface area contributed by atoms with E-state index in [0.29, 0.717) is 38.3 Å². The molecular weight excluding hydrogens is 335 g/mol. The van der Waals surface area contributed by atoms with Crippen LogP contribution in [0.2, 0.25) is 0 Å². The van der Waals surface area contributed by atoms with Gasteiger partial charge in [0.25, 0.3) is 0 Å². The number of hydrogen-bond donors (Lipinski definition) is 1. The molecule has 0 radical (unpaired) electrons. The van der Waals surface area contributed by atoms with Crippen molar-refractivity contribution in [2.24, 2.45) is 0 Å². The van der Waals surface area contributed by atoms with E-state index in [1.54, 1.807) is 12.1 Å². The monoisotopic (exact) mass is 353 g/mol. The molecule has 2 aromatic rings. The normalized spacial score (nSPS) is 16.2. The number of aliphatic hydroxyl groups excluding tert-OH is 1. The number of nitrogens with zero attached hydrogens (tertiary/aromatic N) is 5. The highest BCUT2D eigenvalue weighted by Gasteiger charge is 2.34. The molecule has 134 valence electrons. The molecule has 1 aliphatic heterocycles. The smallest absolute Gasteiger partial charge is 0.395 e. The van der Waals surface area contributed by atoms with Crippen molar-refractivity contribution in [1.29, 1.82) is 0 Å². The Bertz CT molecular complexity index is 703. The average molecular weight is 353 g/mol. The first kappa shape index (κ1) is 17.6. The van der Waals surface area contributed by atoms with Crippen LogP contribution in [0.3, 0.4) is 0 Å². The Kier molecular flexibility index (Phi) is 5.14. The minimum absolute atomic E-state index is 0.0324. The standard InChI is InChI=1S/C16H18F3N5O/c17-16(18,19)13-11-14(24-7-5-23(6-8-24)9-10-25)22-15(21-13)12-1-3-20-4-2-12/h1-4,11,25H,5-10H2. The Morgan fingerprint density at radius 3 is 2.32 bits per heavy atom. The van der Waals surface area contributed by atoms with Gasteiger partial charge in [0, 0.05) is 56.7 Å². The van der Waals surface area contributed by atoms with Gasteiger partial charge in [-0.3, -0.25) is 9.88 Å². The molecule has 0 saturated carbocycles. The van der Waals surface area contributed by atoms with Crippen LogP contribution < -0.4 is 4.90 Å². The Morgan fingerprint density at radius 2 is 1.72 bits per heavy atom. The van der Waals surface area contributed by atoms with Gasteiger partial charge in [0.1, 0.15) is 5.82 Å². The fourth-order valence-corrected chi connectivity index (χ4v) is 2.71. The van der Waals surface area contributed by atoms with E-state index in [2.05, 4.69) is 19.9 Å². The fourth-order valence-electron chi connectivity index (χ4n) is 2.71. The highest BCUT2D eigenvalue weighted by atomic mass is 19.4. The van der Waals surface area contributed by atoms with Crippen molar-refractivity contribution in [1.82, 2.24) is 19.9 Å². The Hall–Kier alpha value is -2.26. The van der Waals surface area contributed by atoms with Crippen molar-refractivity contribution in [3.63, 3.8) is 0 Å². The number of pyridine rings is 1. The topological polar surface area (TPSA) is 65.4 Å². The second-order valence-electron chi connectivity index (χ2n) is 5.72. The zero-order valence-corrected chi connectivity index (χ0v) is 13.4. The van der Waals surface area contributed by atoms with Gasteiger partial charge in [-0.1, -0.05) is 0 Å². The minimum atomic E-state index is -4.54. The van der Waals surface area contributed by atoms with Crippen molar-refractivity contribution in [3.05, 3.63) is 36.3 Å². The molecule has 9 heteroatoms. The quantitative estimate of drug-likeness (QED) is 0.902. The summed E-state index contributed by atoms with van der Waals surface area (Å²) >= 11 is 0. The van der Waals surface area contributed by atoms with E-state index in [0.717, 1.165) is 6.07 Å². The number of rotatable bonds is 4. The molecule has 0 atom stereocenters. The second kappa shape index (κ2) is 7.32. The number of hydrogen-bond acceptors (Lipinski definition) is 6. The van der Waals surface area contributed by atoms with E-state index in [1.165, 1.54) is 12.4 Å².